The van der Waals surface area contributed by atoms with E-state index < -0.39 is 0 Å². The quantitative estimate of drug-likeness (QED) is 0.650. The summed E-state index contributed by atoms with van der Waals surface area (Å²) in [5, 5.41) is 2.80. The van der Waals surface area contributed by atoms with Gasteiger partial charge in [0.25, 0.3) is 0 Å². The van der Waals surface area contributed by atoms with Gasteiger partial charge in [-0.25, -0.2) is 0 Å². The van der Waals surface area contributed by atoms with E-state index in [4.69, 9.17) is 9.47 Å². The molecule has 0 unspecified atom stereocenters. The molecule has 2 heterocycles. The van der Waals surface area contributed by atoms with Crippen molar-refractivity contribution in [2.45, 2.75) is 25.9 Å². The number of hydrogen-bond acceptors (Lipinski definition) is 4. The molecule has 5 heteroatoms. The second-order valence-electron chi connectivity index (χ2n) is 6.54. The van der Waals surface area contributed by atoms with E-state index in [-0.39, 0.29) is 11.5 Å². The second kappa shape index (κ2) is 7.38. The lowest BCUT2D eigenvalue weighted by atomic mass is 10.0. The Morgan fingerprint density at radius 3 is 3.04 bits per heavy atom. The van der Waals surface area contributed by atoms with Crippen LogP contribution in [-0.4, -0.2) is 29.6 Å². The minimum absolute atomic E-state index is 0.164. The van der Waals surface area contributed by atoms with E-state index in [0.29, 0.717) is 13.2 Å². The van der Waals surface area contributed by atoms with E-state index >= 15 is 0 Å². The monoisotopic (exact) mass is 338 g/mol. The summed E-state index contributed by atoms with van der Waals surface area (Å²) in [7, 11) is 0. The van der Waals surface area contributed by atoms with Crippen molar-refractivity contribution in [3.05, 3.63) is 59.9 Å². The normalized spacial score (nSPS) is 14.8. The Bertz CT molecular complexity index is 770. The average molecular weight is 338 g/mol. The average Bonchev–Trinajstić information content (AvgIpc) is 2.92. The molecule has 5 nitrogen and oxygen atoms in total. The molecule has 1 amide bonds. The zero-order valence-corrected chi connectivity index (χ0v) is 14.5. The fourth-order valence-electron chi connectivity index (χ4n) is 2.74. The maximum absolute atomic E-state index is 11.8. The van der Waals surface area contributed by atoms with Crippen LogP contribution in [0.2, 0.25) is 0 Å². The number of nitrogens with zero attached hydrogens (tertiary/aromatic N) is 1. The molecule has 25 heavy (non-hydrogen) atoms. The van der Waals surface area contributed by atoms with Crippen molar-refractivity contribution < 1.29 is 14.3 Å². The summed E-state index contributed by atoms with van der Waals surface area (Å²) >= 11 is 0. The van der Waals surface area contributed by atoms with Crippen molar-refractivity contribution >= 4 is 12.0 Å². The molecule has 0 saturated carbocycles. The summed E-state index contributed by atoms with van der Waals surface area (Å²) in [6, 6.07) is 9.63. The fourth-order valence-corrected chi connectivity index (χ4v) is 2.74. The molecule has 0 radical (unpaired) electrons. The van der Waals surface area contributed by atoms with E-state index in [1.807, 2.05) is 24.3 Å². The Kier molecular flexibility index (Phi) is 5.03. The highest BCUT2D eigenvalue weighted by molar-refractivity contribution is 5.91. The number of ether oxygens (including phenoxy) is 2. The highest BCUT2D eigenvalue weighted by Gasteiger charge is 2.32. The van der Waals surface area contributed by atoms with Gasteiger partial charge in [-0.1, -0.05) is 18.2 Å². The molecule has 0 saturated heterocycles. The highest BCUT2D eigenvalue weighted by Crippen LogP contribution is 2.41. The molecule has 1 N–H and O–H groups in total. The molecule has 2 aromatic rings. The Labute approximate surface area is 147 Å². The van der Waals surface area contributed by atoms with E-state index in [9.17, 15) is 4.79 Å². The van der Waals surface area contributed by atoms with Gasteiger partial charge in [0.05, 0.1) is 6.54 Å². The van der Waals surface area contributed by atoms with Gasteiger partial charge >= 0.3 is 0 Å². The van der Waals surface area contributed by atoms with Crippen LogP contribution in [-0.2, 0) is 11.2 Å². The molecule has 0 aliphatic carbocycles. The lowest BCUT2D eigenvalue weighted by Gasteiger charge is -2.18. The van der Waals surface area contributed by atoms with Gasteiger partial charge in [-0.3, -0.25) is 9.78 Å². The van der Waals surface area contributed by atoms with Crippen molar-refractivity contribution in [2.75, 3.05) is 13.2 Å². The van der Waals surface area contributed by atoms with Gasteiger partial charge in [0.1, 0.15) is 12.2 Å². The van der Waals surface area contributed by atoms with Crippen LogP contribution in [0.4, 0.5) is 0 Å². The van der Waals surface area contributed by atoms with Crippen LogP contribution in [0.1, 0.15) is 25.0 Å². The van der Waals surface area contributed by atoms with E-state index in [2.05, 4.69) is 30.2 Å². The number of carbonyl (C=O) groups is 1. The van der Waals surface area contributed by atoms with Gasteiger partial charge < -0.3 is 14.8 Å². The number of para-hydroxylation sites is 1. The van der Waals surface area contributed by atoms with Gasteiger partial charge in [-0.05, 0) is 37.6 Å². The van der Waals surface area contributed by atoms with Gasteiger partial charge in [0, 0.05) is 30.5 Å². The first-order chi connectivity index (χ1) is 12.0. The molecule has 0 fully saturated rings. The molecular formula is C20H22N2O3. The van der Waals surface area contributed by atoms with Crippen molar-refractivity contribution in [3.8, 4) is 11.5 Å². The van der Waals surface area contributed by atoms with Crippen molar-refractivity contribution in [1.82, 2.24) is 10.3 Å². The molecule has 0 spiro atoms. The number of nitrogens with one attached hydrogen (secondary N) is 1. The lowest BCUT2D eigenvalue weighted by molar-refractivity contribution is -0.116. The number of rotatable bonds is 6. The summed E-state index contributed by atoms with van der Waals surface area (Å²) in [5.41, 5.74) is 1.84. The van der Waals surface area contributed by atoms with Crippen LogP contribution in [0.15, 0.2) is 48.8 Å². The number of pyridine rings is 1. The maximum atomic E-state index is 11.8. The van der Waals surface area contributed by atoms with Crippen LogP contribution in [0, 0.1) is 0 Å². The molecule has 1 aromatic heterocycles. The van der Waals surface area contributed by atoms with Crippen molar-refractivity contribution in [1.29, 1.82) is 0 Å². The fraction of sp³-hybridized carbons (Fsp3) is 0.300. The van der Waals surface area contributed by atoms with Gasteiger partial charge in [0.15, 0.2) is 11.5 Å². The number of fused-ring (bicyclic) bond motifs is 1. The molecule has 3 rings (SSSR count). The third-order valence-electron chi connectivity index (χ3n) is 3.83. The Morgan fingerprint density at radius 2 is 2.24 bits per heavy atom. The van der Waals surface area contributed by atoms with Gasteiger partial charge in [-0.15, -0.1) is 0 Å². The smallest absolute Gasteiger partial charge is 0.244 e. The third kappa shape index (κ3) is 4.59. The molecular weight excluding hydrogens is 316 g/mol. The molecule has 1 aliphatic rings. The number of carbonyl (C=O) groups excluding carboxylic acids is 1. The van der Waals surface area contributed by atoms with E-state index in [1.165, 1.54) is 6.08 Å². The van der Waals surface area contributed by atoms with Crippen molar-refractivity contribution in [2.24, 2.45) is 0 Å². The largest absolute Gasteiger partial charge is 0.488 e. The number of amides is 1. The summed E-state index contributed by atoms with van der Waals surface area (Å²) in [6.07, 6.45) is 7.48. The van der Waals surface area contributed by atoms with Gasteiger partial charge in [-0.2, -0.15) is 0 Å². The predicted octanol–water partition coefficient (Wildman–Crippen LogP) is 3.00. The first-order valence-electron chi connectivity index (χ1n) is 8.33. The summed E-state index contributed by atoms with van der Waals surface area (Å²) in [6.45, 7) is 4.92. The zero-order chi connectivity index (χ0) is 17.7. The number of benzene rings is 1. The number of aromatic nitrogens is 1. The Morgan fingerprint density at radius 1 is 1.36 bits per heavy atom. The second-order valence-corrected chi connectivity index (χ2v) is 6.54. The Hall–Kier alpha value is -2.82. The molecule has 1 aromatic carbocycles. The maximum Gasteiger partial charge on any atom is 0.244 e. The predicted molar refractivity (Wildman–Crippen MR) is 96.6 cm³/mol. The standard InChI is InChI=1S/C20H22N2O3/c1-20(2)13-16-6-3-7-17(19(16)25-20)24-12-11-22-18(23)9-8-15-5-4-10-21-14-15/h3-10,14H,11-13H2,1-2H3,(H,22,23)/b9-8+. The zero-order valence-electron chi connectivity index (χ0n) is 14.5. The highest BCUT2D eigenvalue weighted by atomic mass is 16.5. The minimum Gasteiger partial charge on any atom is -0.488 e. The van der Waals surface area contributed by atoms with E-state index in [1.54, 1.807) is 18.5 Å². The Balaban J connectivity index is 1.46. The first-order valence-corrected chi connectivity index (χ1v) is 8.33. The SMILES string of the molecule is CC1(C)Cc2cccc(OCCNC(=O)/C=C/c3cccnc3)c2O1. The molecule has 1 aliphatic heterocycles. The van der Waals surface area contributed by atoms with E-state index in [0.717, 1.165) is 29.0 Å². The van der Waals surface area contributed by atoms with Gasteiger partial charge in [0.2, 0.25) is 5.91 Å². The molecule has 0 bridgehead atoms. The summed E-state index contributed by atoms with van der Waals surface area (Å²) in [4.78, 5) is 15.8. The minimum atomic E-state index is -0.201. The van der Waals surface area contributed by atoms with Crippen LogP contribution in [0.25, 0.3) is 6.08 Å². The first kappa shape index (κ1) is 17.0. The van der Waals surface area contributed by atoms with Crippen molar-refractivity contribution in [3.63, 3.8) is 0 Å². The molecule has 0 atom stereocenters. The summed E-state index contributed by atoms with van der Waals surface area (Å²) in [5.74, 6) is 1.38. The summed E-state index contributed by atoms with van der Waals surface area (Å²) < 4.78 is 11.7. The number of hydrogen-bond donors (Lipinski definition) is 1. The molecule has 130 valence electrons. The third-order valence-corrected chi connectivity index (χ3v) is 3.83. The van der Waals surface area contributed by atoms with Crippen LogP contribution < -0.4 is 14.8 Å². The van der Waals surface area contributed by atoms with Crippen LogP contribution in [0.5, 0.6) is 11.5 Å². The van der Waals surface area contributed by atoms with Crippen LogP contribution in [0.3, 0.4) is 0 Å². The topological polar surface area (TPSA) is 60.5 Å². The lowest BCUT2D eigenvalue weighted by Crippen LogP contribution is -2.26. The van der Waals surface area contributed by atoms with Crippen LogP contribution >= 0.6 is 0 Å².